The number of ether oxygens (including phenoxy) is 2. The van der Waals surface area contributed by atoms with Crippen LogP contribution < -0.4 is 9.47 Å². The van der Waals surface area contributed by atoms with E-state index in [-0.39, 0.29) is 40.3 Å². The number of ketones is 2. The Morgan fingerprint density at radius 1 is 1.07 bits per heavy atom. The maximum Gasteiger partial charge on any atom is 0.265 e. The molecule has 0 amide bonds. The van der Waals surface area contributed by atoms with Crippen molar-refractivity contribution in [1.29, 1.82) is 0 Å². The molecule has 2 aromatic carbocycles. The van der Waals surface area contributed by atoms with Crippen molar-refractivity contribution >= 4 is 25.6 Å². The van der Waals surface area contributed by atoms with Gasteiger partial charge in [0.15, 0.2) is 19.7 Å². The zero-order valence-corrected chi connectivity index (χ0v) is 29.2. The molecule has 0 bridgehead atoms. The van der Waals surface area contributed by atoms with E-state index >= 15 is 9.59 Å². The van der Waals surface area contributed by atoms with E-state index in [0.29, 0.717) is 29.9 Å². The Balaban J connectivity index is 1.58. The number of hydrogen-bond acceptors (Lipinski definition) is 9. The largest absolute Gasteiger partial charge is 0.507 e. The average molecular weight is 645 g/mol. The van der Waals surface area contributed by atoms with Crippen LogP contribution in [0.3, 0.4) is 0 Å². The first-order chi connectivity index (χ1) is 21.6. The van der Waals surface area contributed by atoms with Crippen molar-refractivity contribution in [3.63, 3.8) is 0 Å². The minimum absolute atomic E-state index is 0.0371. The Morgan fingerprint density at radius 2 is 1.76 bits per heavy atom. The molecule has 1 N–H and O–H groups in total. The van der Waals surface area contributed by atoms with Crippen LogP contribution in [0.25, 0.3) is 5.76 Å². The van der Waals surface area contributed by atoms with Crippen LogP contribution in [0.15, 0.2) is 52.6 Å². The number of aryl methyl sites for hydroxylation is 1. The molecule has 3 aromatic rings. The van der Waals surface area contributed by atoms with Crippen LogP contribution in [0.1, 0.15) is 71.6 Å². The normalized spacial score (nSPS) is 24.3. The van der Waals surface area contributed by atoms with Crippen LogP contribution in [0, 0.1) is 18.8 Å². The predicted octanol–water partition coefficient (Wildman–Crippen LogP) is 6.86. The van der Waals surface area contributed by atoms with Crippen molar-refractivity contribution in [2.45, 2.75) is 76.9 Å². The Hall–Kier alpha value is -3.73. The molecule has 3 aliphatic carbocycles. The zero-order chi connectivity index (χ0) is 33.3. The van der Waals surface area contributed by atoms with Gasteiger partial charge in [-0.15, -0.1) is 0 Å². The molecule has 4 atom stereocenters. The fourth-order valence-corrected chi connectivity index (χ4v) is 8.76. The van der Waals surface area contributed by atoms with E-state index in [0.717, 1.165) is 16.7 Å². The first-order valence-electron chi connectivity index (χ1n) is 15.9. The molecule has 0 aliphatic heterocycles. The summed E-state index contributed by atoms with van der Waals surface area (Å²) in [6.07, 6.45) is 0.895. The summed E-state index contributed by atoms with van der Waals surface area (Å²) in [4.78, 5) is 32.5. The number of Topliss-reactive ketones (excluding diaryl/α,β-unsaturated/α-hetero) is 2. The number of benzene rings is 2. The van der Waals surface area contributed by atoms with Crippen LogP contribution in [-0.4, -0.2) is 61.9 Å². The van der Waals surface area contributed by atoms with E-state index in [1.54, 1.807) is 7.11 Å². The van der Waals surface area contributed by atoms with Crippen molar-refractivity contribution in [3.05, 3.63) is 81.6 Å². The lowest BCUT2D eigenvalue weighted by atomic mass is 9.57. The maximum atomic E-state index is 15.3. The minimum atomic E-state index is -2.80. The quantitative estimate of drug-likeness (QED) is 0.218. The van der Waals surface area contributed by atoms with Crippen LogP contribution in [0.2, 0.25) is 18.1 Å². The average Bonchev–Trinajstić information content (AvgIpc) is 3.40. The molecule has 46 heavy (non-hydrogen) atoms. The third-order valence-electron chi connectivity index (χ3n) is 10.6. The van der Waals surface area contributed by atoms with Gasteiger partial charge in [0.05, 0.1) is 13.2 Å². The summed E-state index contributed by atoms with van der Waals surface area (Å²) in [5.41, 5.74) is 1.64. The van der Waals surface area contributed by atoms with Gasteiger partial charge in [0.25, 0.3) is 5.88 Å². The van der Waals surface area contributed by atoms with Crippen LogP contribution in [0.4, 0.5) is 0 Å². The highest BCUT2D eigenvalue weighted by Crippen LogP contribution is 2.59. The lowest BCUT2D eigenvalue weighted by Gasteiger charge is -2.55. The zero-order valence-electron chi connectivity index (χ0n) is 28.2. The van der Waals surface area contributed by atoms with Crippen molar-refractivity contribution < 1.29 is 33.1 Å². The predicted molar refractivity (Wildman–Crippen MR) is 177 cm³/mol. The lowest BCUT2D eigenvalue weighted by Crippen LogP contribution is -2.68. The standard InChI is InChI=1S/C36H44N2O7Si/c1-20-15-16-25(42-7)23-17-22-18-24-29(38(5)6)31-28(34(37-44-31)43-19-21-13-11-10-12-14-21)33(41)36(24,45-46(8,9)35(2,3)4)32(40)27(22)30(39)26(20)23/h10-16,22,24,29,39H,17-19H2,1-9H3/t22-,24-,29-,36-/m0/s1. The van der Waals surface area contributed by atoms with Gasteiger partial charge in [0.1, 0.15) is 23.7 Å². The second-order valence-corrected chi connectivity index (χ2v) is 19.3. The number of aromatic nitrogens is 1. The molecule has 1 saturated carbocycles. The number of rotatable bonds is 7. The topological polar surface area (TPSA) is 111 Å². The van der Waals surface area contributed by atoms with Crippen molar-refractivity contribution in [2.24, 2.45) is 11.8 Å². The van der Waals surface area contributed by atoms with Gasteiger partial charge in [-0.05, 0) is 80.3 Å². The van der Waals surface area contributed by atoms with Crippen LogP contribution >= 0.6 is 0 Å². The number of carbonyl (C=O) groups excluding carboxylic acids is 2. The number of methoxy groups -OCH3 is 1. The van der Waals surface area contributed by atoms with E-state index in [4.69, 9.17) is 18.4 Å². The number of nitrogens with zero attached hydrogens (tertiary/aromatic N) is 2. The molecule has 0 spiro atoms. The van der Waals surface area contributed by atoms with Gasteiger partial charge >= 0.3 is 0 Å². The molecule has 10 heteroatoms. The third kappa shape index (κ3) is 4.76. The number of carbonyl (C=O) groups is 2. The summed E-state index contributed by atoms with van der Waals surface area (Å²) in [6.45, 7) is 12.4. The highest BCUT2D eigenvalue weighted by molar-refractivity contribution is 6.74. The van der Waals surface area contributed by atoms with Gasteiger partial charge in [-0.2, -0.15) is 0 Å². The summed E-state index contributed by atoms with van der Waals surface area (Å²) in [5, 5.41) is 15.9. The third-order valence-corrected chi connectivity index (χ3v) is 15.0. The van der Waals surface area contributed by atoms with Gasteiger partial charge in [-0.25, -0.2) is 0 Å². The van der Waals surface area contributed by atoms with E-state index in [1.807, 2.05) is 81.5 Å². The van der Waals surface area contributed by atoms with Gasteiger partial charge < -0.3 is 23.5 Å². The molecule has 3 aliphatic rings. The lowest BCUT2D eigenvalue weighted by molar-refractivity contribution is -0.140. The summed E-state index contributed by atoms with van der Waals surface area (Å²) < 4.78 is 24.9. The molecular weight excluding hydrogens is 600 g/mol. The van der Waals surface area contributed by atoms with Gasteiger partial charge in [0, 0.05) is 22.6 Å². The second kappa shape index (κ2) is 11.2. The SMILES string of the molecule is COc1ccc(C)c2c1C[C@H]1C[C@H]3[C@H](N(C)C)c4onc(OCc5ccccc5)c4C(=O)[C@@]3(O[Si](C)(C)C(C)(C)C)C(=O)C1=C2O. The molecule has 6 rings (SSSR count). The maximum absolute atomic E-state index is 15.3. The molecule has 1 heterocycles. The van der Waals surface area contributed by atoms with Crippen LogP contribution in [-0.2, 0) is 22.2 Å². The highest BCUT2D eigenvalue weighted by atomic mass is 28.4. The number of aliphatic hydroxyl groups excluding tert-OH is 1. The van der Waals surface area contributed by atoms with Crippen LogP contribution in [0.5, 0.6) is 11.6 Å². The van der Waals surface area contributed by atoms with E-state index in [2.05, 4.69) is 25.9 Å². The molecule has 9 nitrogen and oxygen atoms in total. The first kappa shape index (κ1) is 32.2. The molecule has 1 fully saturated rings. The van der Waals surface area contributed by atoms with Gasteiger partial charge in [-0.1, -0.05) is 57.2 Å². The minimum Gasteiger partial charge on any atom is -0.507 e. The molecule has 244 valence electrons. The van der Waals surface area contributed by atoms with Crippen molar-refractivity contribution in [1.82, 2.24) is 10.1 Å². The summed E-state index contributed by atoms with van der Waals surface area (Å²) in [6, 6.07) is 12.8. The Bertz CT molecular complexity index is 1740. The smallest absolute Gasteiger partial charge is 0.265 e. The van der Waals surface area contributed by atoms with Crippen molar-refractivity contribution in [3.8, 4) is 11.6 Å². The Kier molecular flexibility index (Phi) is 7.85. The summed E-state index contributed by atoms with van der Waals surface area (Å²) >= 11 is 0. The number of aliphatic hydroxyl groups is 1. The molecule has 0 saturated heterocycles. The highest BCUT2D eigenvalue weighted by Gasteiger charge is 2.68. The molecular formula is C36H44N2O7Si. The molecule has 0 unspecified atom stereocenters. The molecule has 1 aromatic heterocycles. The Morgan fingerprint density at radius 3 is 2.39 bits per heavy atom. The molecule has 0 radical (unpaired) electrons. The van der Waals surface area contributed by atoms with E-state index in [9.17, 15) is 5.11 Å². The summed E-state index contributed by atoms with van der Waals surface area (Å²) in [5.74, 6) is -1.01. The van der Waals surface area contributed by atoms with E-state index in [1.165, 1.54) is 0 Å². The fraction of sp³-hybridized carbons (Fsp3) is 0.472. The Labute approximate surface area is 271 Å². The monoisotopic (exact) mass is 644 g/mol. The second-order valence-electron chi connectivity index (χ2n) is 14.6. The van der Waals surface area contributed by atoms with Gasteiger partial charge in [-0.3, -0.25) is 14.5 Å². The number of hydrogen-bond donors (Lipinski definition) is 1. The van der Waals surface area contributed by atoms with Gasteiger partial charge in [0.2, 0.25) is 11.6 Å². The fourth-order valence-electron chi connectivity index (χ4n) is 7.31. The number of fused-ring (bicyclic) bond motifs is 4. The van der Waals surface area contributed by atoms with Crippen molar-refractivity contribution in [2.75, 3.05) is 21.2 Å². The van der Waals surface area contributed by atoms with E-state index < -0.39 is 37.4 Å². The first-order valence-corrected chi connectivity index (χ1v) is 18.8. The summed E-state index contributed by atoms with van der Waals surface area (Å²) in [7, 11) is 2.62.